The Labute approximate surface area is 122 Å². The Morgan fingerprint density at radius 1 is 1.16 bits per heavy atom. The van der Waals surface area contributed by atoms with Crippen LogP contribution in [0, 0.1) is 0 Å². The zero-order valence-electron chi connectivity index (χ0n) is 12.9. The van der Waals surface area contributed by atoms with Crippen molar-refractivity contribution >= 4 is 16.9 Å². The number of carbonyl (C=O) groups excluding carboxylic acids is 1. The fraction of sp³-hybridized carbons (Fsp3) is 0.933. The Balaban J connectivity index is 3.98. The molecule has 0 aromatic carbocycles. The zero-order chi connectivity index (χ0) is 14.5. The molecule has 0 heterocycles. The highest BCUT2D eigenvalue weighted by Crippen LogP contribution is 2.17. The minimum atomic E-state index is -0.145. The molecular weight excluding hydrogens is 260 g/mol. The van der Waals surface area contributed by atoms with Crippen molar-refractivity contribution in [3.05, 3.63) is 0 Å². The third-order valence-corrected chi connectivity index (χ3v) is 3.71. The molecule has 0 rings (SSSR count). The molecule has 2 unspecified atom stereocenters. The van der Waals surface area contributed by atoms with Gasteiger partial charge in [-0.15, -0.1) is 0 Å². The summed E-state index contributed by atoms with van der Waals surface area (Å²) in [6, 6.07) is 0. The summed E-state index contributed by atoms with van der Waals surface area (Å²) in [7, 11) is 0. The average Bonchev–Trinajstić information content (AvgIpc) is 2.38. The van der Waals surface area contributed by atoms with Crippen molar-refractivity contribution in [3.63, 3.8) is 0 Å². The van der Waals surface area contributed by atoms with E-state index in [4.69, 9.17) is 9.47 Å². The highest BCUT2D eigenvalue weighted by molar-refractivity contribution is 8.13. The lowest BCUT2D eigenvalue weighted by Crippen LogP contribution is -2.22. The molecule has 4 heteroatoms. The van der Waals surface area contributed by atoms with Crippen molar-refractivity contribution < 1.29 is 14.3 Å². The molecule has 114 valence electrons. The third kappa shape index (κ3) is 11.5. The number of unbranched alkanes of at least 4 members (excludes halogenated alkanes) is 2. The fourth-order valence-corrected chi connectivity index (χ4v) is 2.37. The lowest BCUT2D eigenvalue weighted by Gasteiger charge is -2.22. The fourth-order valence-electron chi connectivity index (χ4n) is 2.02. The Bertz CT molecular complexity index is 221. The van der Waals surface area contributed by atoms with Gasteiger partial charge in [-0.2, -0.15) is 0 Å². The van der Waals surface area contributed by atoms with Gasteiger partial charge in [0.25, 0.3) is 0 Å². The largest absolute Gasteiger partial charge is 0.353 e. The van der Waals surface area contributed by atoms with E-state index in [9.17, 15) is 4.79 Å². The van der Waals surface area contributed by atoms with Gasteiger partial charge in [-0.1, -0.05) is 37.9 Å². The van der Waals surface area contributed by atoms with Crippen LogP contribution in [0.3, 0.4) is 0 Å². The molecule has 3 nitrogen and oxygen atoms in total. The summed E-state index contributed by atoms with van der Waals surface area (Å²) in [5.41, 5.74) is 0. The molecule has 2 atom stereocenters. The Morgan fingerprint density at radius 3 is 2.42 bits per heavy atom. The van der Waals surface area contributed by atoms with Crippen molar-refractivity contribution in [2.24, 2.45) is 0 Å². The Kier molecular flexibility index (Phi) is 12.9. The van der Waals surface area contributed by atoms with E-state index in [1.807, 2.05) is 20.1 Å². The molecule has 0 saturated carbocycles. The number of hydrogen-bond donors (Lipinski definition) is 0. The lowest BCUT2D eigenvalue weighted by molar-refractivity contribution is -0.160. The topological polar surface area (TPSA) is 35.5 Å². The van der Waals surface area contributed by atoms with E-state index in [1.165, 1.54) is 31.0 Å². The predicted octanol–water partition coefficient (Wildman–Crippen LogP) is 4.39. The van der Waals surface area contributed by atoms with Crippen molar-refractivity contribution in [3.8, 4) is 0 Å². The molecule has 0 aliphatic heterocycles. The van der Waals surface area contributed by atoms with Crippen LogP contribution in [0.1, 0.15) is 65.7 Å². The summed E-state index contributed by atoms with van der Waals surface area (Å²) in [6.45, 7) is 6.80. The Hall–Kier alpha value is -0.0600. The average molecular weight is 290 g/mol. The lowest BCUT2D eigenvalue weighted by atomic mass is 10.1. The first kappa shape index (κ1) is 18.9. The van der Waals surface area contributed by atoms with Gasteiger partial charge in [0.05, 0.1) is 6.10 Å². The smallest absolute Gasteiger partial charge is 0.188 e. The van der Waals surface area contributed by atoms with E-state index in [2.05, 4.69) is 6.92 Å². The van der Waals surface area contributed by atoms with Gasteiger partial charge in [0, 0.05) is 13.0 Å². The summed E-state index contributed by atoms with van der Waals surface area (Å²) < 4.78 is 11.3. The van der Waals surface area contributed by atoms with Gasteiger partial charge in [-0.25, -0.2) is 0 Å². The van der Waals surface area contributed by atoms with Crippen LogP contribution in [0.4, 0.5) is 0 Å². The van der Waals surface area contributed by atoms with Crippen LogP contribution in [0.25, 0.3) is 0 Å². The molecule has 0 spiro atoms. The van der Waals surface area contributed by atoms with Crippen LogP contribution in [-0.2, 0) is 14.3 Å². The van der Waals surface area contributed by atoms with Gasteiger partial charge in [0.2, 0.25) is 0 Å². The summed E-state index contributed by atoms with van der Waals surface area (Å²) in [5.74, 6) is 0. The number of ether oxygens (including phenoxy) is 2. The molecule has 19 heavy (non-hydrogen) atoms. The van der Waals surface area contributed by atoms with E-state index in [-0.39, 0.29) is 17.5 Å². The highest BCUT2D eigenvalue weighted by Gasteiger charge is 2.14. The van der Waals surface area contributed by atoms with Gasteiger partial charge in [-0.3, -0.25) is 4.79 Å². The molecule has 0 amide bonds. The van der Waals surface area contributed by atoms with E-state index < -0.39 is 0 Å². The summed E-state index contributed by atoms with van der Waals surface area (Å²) >= 11 is 1.32. The van der Waals surface area contributed by atoms with Crippen LogP contribution in [0.5, 0.6) is 0 Å². The first-order chi connectivity index (χ1) is 9.13. The SMILES string of the molecule is CCCCCC(CCCC(=O)SC)OC(C)OCC. The number of rotatable bonds is 12. The van der Waals surface area contributed by atoms with Gasteiger partial charge in [0.15, 0.2) is 11.4 Å². The van der Waals surface area contributed by atoms with Gasteiger partial charge in [-0.05, 0) is 39.4 Å². The monoisotopic (exact) mass is 290 g/mol. The highest BCUT2D eigenvalue weighted by atomic mass is 32.2. The Morgan fingerprint density at radius 2 is 1.84 bits per heavy atom. The second-order valence-electron chi connectivity index (χ2n) is 4.75. The minimum absolute atomic E-state index is 0.145. The van der Waals surface area contributed by atoms with E-state index in [0.29, 0.717) is 13.0 Å². The minimum Gasteiger partial charge on any atom is -0.353 e. The van der Waals surface area contributed by atoms with Crippen LogP contribution in [0.15, 0.2) is 0 Å². The standard InChI is InChI=1S/C15H30O3S/c1-5-7-8-10-14(18-13(3)17-6-2)11-9-12-15(16)19-4/h13-14H,5-12H2,1-4H3. The second-order valence-corrected chi connectivity index (χ2v) is 5.61. The van der Waals surface area contributed by atoms with E-state index >= 15 is 0 Å². The number of thioether (sulfide) groups is 1. The number of carbonyl (C=O) groups is 1. The first-order valence-corrected chi connectivity index (χ1v) is 8.70. The molecule has 0 aliphatic rings. The quantitative estimate of drug-likeness (QED) is 0.394. The molecule has 0 saturated heterocycles. The third-order valence-electron chi connectivity index (χ3n) is 3.05. The maximum absolute atomic E-state index is 11.3. The van der Waals surface area contributed by atoms with E-state index in [0.717, 1.165) is 19.3 Å². The molecule has 0 radical (unpaired) electrons. The maximum atomic E-state index is 11.3. The molecule has 0 N–H and O–H groups in total. The normalized spacial score (nSPS) is 14.3. The first-order valence-electron chi connectivity index (χ1n) is 7.47. The van der Waals surface area contributed by atoms with Crippen LogP contribution >= 0.6 is 11.8 Å². The van der Waals surface area contributed by atoms with E-state index in [1.54, 1.807) is 0 Å². The summed E-state index contributed by atoms with van der Waals surface area (Å²) in [6.07, 6.45) is 9.16. The summed E-state index contributed by atoms with van der Waals surface area (Å²) in [5, 5.41) is 0.269. The summed E-state index contributed by atoms with van der Waals surface area (Å²) in [4.78, 5) is 11.3. The molecule has 0 aliphatic carbocycles. The van der Waals surface area contributed by atoms with Gasteiger partial charge < -0.3 is 9.47 Å². The van der Waals surface area contributed by atoms with Gasteiger partial charge >= 0.3 is 0 Å². The molecule has 0 fully saturated rings. The zero-order valence-corrected chi connectivity index (χ0v) is 13.8. The molecule has 0 aromatic heterocycles. The van der Waals surface area contributed by atoms with Crippen molar-refractivity contribution in [1.29, 1.82) is 0 Å². The van der Waals surface area contributed by atoms with Crippen molar-refractivity contribution in [2.45, 2.75) is 78.1 Å². The van der Waals surface area contributed by atoms with Crippen LogP contribution in [-0.4, -0.2) is 30.4 Å². The molecule has 0 bridgehead atoms. The maximum Gasteiger partial charge on any atom is 0.188 e. The predicted molar refractivity (Wildman–Crippen MR) is 82.5 cm³/mol. The van der Waals surface area contributed by atoms with Crippen LogP contribution < -0.4 is 0 Å². The van der Waals surface area contributed by atoms with Crippen molar-refractivity contribution in [2.75, 3.05) is 12.9 Å². The van der Waals surface area contributed by atoms with Crippen LogP contribution in [0.2, 0.25) is 0 Å². The number of hydrogen-bond acceptors (Lipinski definition) is 4. The van der Waals surface area contributed by atoms with Gasteiger partial charge in [0.1, 0.15) is 0 Å². The van der Waals surface area contributed by atoms with Crippen molar-refractivity contribution in [1.82, 2.24) is 0 Å². The molecular formula is C15H30O3S. The molecule has 0 aromatic rings. The second kappa shape index (κ2) is 12.9.